The molecule has 0 bridgehead atoms. The molecule has 0 radical (unpaired) electrons. The molecule has 20 heavy (non-hydrogen) atoms. The predicted octanol–water partition coefficient (Wildman–Crippen LogP) is 3.01. The average Bonchev–Trinajstić information content (AvgIpc) is 2.41. The number of ether oxygens (including phenoxy) is 2. The maximum atomic E-state index is 11.1. The first-order valence-corrected chi connectivity index (χ1v) is 6.14. The second-order valence-corrected chi connectivity index (χ2v) is 4.51. The summed E-state index contributed by atoms with van der Waals surface area (Å²) >= 11 is 0. The third-order valence-corrected chi connectivity index (χ3v) is 2.35. The molecule has 0 saturated heterocycles. The molecule has 1 aromatic rings. The Bertz CT molecular complexity index is 511. The molecule has 0 unspecified atom stereocenters. The number of benzene rings is 1. The lowest BCUT2D eigenvalue weighted by Gasteiger charge is -2.14. The zero-order chi connectivity index (χ0) is 15.1. The van der Waals surface area contributed by atoms with Gasteiger partial charge >= 0.3 is 5.69 Å². The molecule has 108 valence electrons. The quantitative estimate of drug-likeness (QED) is 0.316. The van der Waals surface area contributed by atoms with Crippen LogP contribution in [0.3, 0.4) is 0 Å². The Hall–Kier alpha value is -2.37. The molecule has 6 heteroatoms. The van der Waals surface area contributed by atoms with Crippen molar-refractivity contribution in [2.75, 3.05) is 13.2 Å². The predicted molar refractivity (Wildman–Crippen MR) is 74.5 cm³/mol. The Morgan fingerprint density at radius 1 is 1.35 bits per heavy atom. The van der Waals surface area contributed by atoms with Gasteiger partial charge in [0, 0.05) is 6.07 Å². The fourth-order valence-electron chi connectivity index (χ4n) is 1.48. The first-order valence-electron chi connectivity index (χ1n) is 6.14. The van der Waals surface area contributed by atoms with E-state index in [1.54, 1.807) is 0 Å². The maximum absolute atomic E-state index is 11.1. The van der Waals surface area contributed by atoms with E-state index in [4.69, 9.17) is 9.47 Å². The van der Waals surface area contributed by atoms with Crippen molar-refractivity contribution in [1.29, 1.82) is 0 Å². The van der Waals surface area contributed by atoms with E-state index in [9.17, 15) is 14.9 Å². The van der Waals surface area contributed by atoms with Crippen molar-refractivity contribution >= 4 is 12.0 Å². The standard InChI is InChI=1S/C14H17NO5/c1-4-7-19-13-11(8-16)5-6-12(15(17)18)14(13)20-9-10(2)3/h4-6,8,10H,1,7,9H2,2-3H3. The number of carbonyl (C=O) groups is 1. The van der Waals surface area contributed by atoms with E-state index in [0.717, 1.165) is 0 Å². The fraction of sp³-hybridized carbons (Fsp3) is 0.357. The summed E-state index contributed by atoms with van der Waals surface area (Å²) in [5, 5.41) is 11.1. The van der Waals surface area contributed by atoms with Crippen molar-refractivity contribution in [1.82, 2.24) is 0 Å². The molecule has 0 spiro atoms. The minimum atomic E-state index is -0.564. The van der Waals surface area contributed by atoms with Crippen LogP contribution in [0.4, 0.5) is 5.69 Å². The van der Waals surface area contributed by atoms with Crippen molar-refractivity contribution in [3.05, 3.63) is 40.5 Å². The SMILES string of the molecule is C=CCOc1c(C=O)ccc([N+](=O)[O-])c1OCC(C)C. The zero-order valence-corrected chi connectivity index (χ0v) is 11.5. The summed E-state index contributed by atoms with van der Waals surface area (Å²) in [5.74, 6) is 0.242. The van der Waals surface area contributed by atoms with Gasteiger partial charge in [-0.05, 0) is 12.0 Å². The average molecular weight is 279 g/mol. The lowest BCUT2D eigenvalue weighted by molar-refractivity contribution is -0.386. The maximum Gasteiger partial charge on any atom is 0.314 e. The number of hydrogen-bond donors (Lipinski definition) is 0. The van der Waals surface area contributed by atoms with Gasteiger partial charge in [-0.2, -0.15) is 0 Å². The Morgan fingerprint density at radius 3 is 2.55 bits per heavy atom. The molecule has 0 aromatic heterocycles. The van der Waals surface area contributed by atoms with Crippen LogP contribution in [-0.2, 0) is 0 Å². The number of nitrogens with zero attached hydrogens (tertiary/aromatic N) is 1. The Labute approximate surface area is 117 Å². The van der Waals surface area contributed by atoms with E-state index in [1.807, 2.05) is 13.8 Å². The second kappa shape index (κ2) is 7.28. The Kier molecular flexibility index (Phi) is 5.71. The normalized spacial score (nSPS) is 10.2. The summed E-state index contributed by atoms with van der Waals surface area (Å²) in [4.78, 5) is 21.5. The van der Waals surface area contributed by atoms with E-state index < -0.39 is 4.92 Å². The van der Waals surface area contributed by atoms with Crippen LogP contribution < -0.4 is 9.47 Å². The molecule has 0 atom stereocenters. The first kappa shape index (κ1) is 15.7. The minimum absolute atomic E-state index is 0.0184. The van der Waals surface area contributed by atoms with Gasteiger partial charge in [-0.25, -0.2) is 0 Å². The van der Waals surface area contributed by atoms with Crippen LogP contribution >= 0.6 is 0 Å². The third kappa shape index (κ3) is 3.81. The van der Waals surface area contributed by atoms with Crippen molar-refractivity contribution in [3.63, 3.8) is 0 Å². The highest BCUT2D eigenvalue weighted by molar-refractivity contribution is 5.83. The zero-order valence-electron chi connectivity index (χ0n) is 11.5. The van der Waals surface area contributed by atoms with Gasteiger partial charge in [0.2, 0.25) is 5.75 Å². The minimum Gasteiger partial charge on any atom is -0.485 e. The Balaban J connectivity index is 3.30. The first-order chi connectivity index (χ1) is 9.51. The number of hydrogen-bond acceptors (Lipinski definition) is 5. The van der Waals surface area contributed by atoms with Gasteiger partial charge in [-0.1, -0.05) is 26.5 Å². The monoisotopic (exact) mass is 279 g/mol. The lowest BCUT2D eigenvalue weighted by Crippen LogP contribution is -2.09. The molecular formula is C14H17NO5. The van der Waals surface area contributed by atoms with E-state index in [2.05, 4.69) is 6.58 Å². The van der Waals surface area contributed by atoms with Crippen LogP contribution in [0.1, 0.15) is 24.2 Å². The molecule has 0 aliphatic heterocycles. The number of nitro benzene ring substituents is 1. The second-order valence-electron chi connectivity index (χ2n) is 4.51. The molecule has 0 saturated carbocycles. The third-order valence-electron chi connectivity index (χ3n) is 2.35. The summed E-state index contributed by atoms with van der Waals surface area (Å²) in [6.45, 7) is 7.75. The van der Waals surface area contributed by atoms with Crippen LogP contribution in [0.5, 0.6) is 11.5 Å². The lowest BCUT2D eigenvalue weighted by atomic mass is 10.1. The van der Waals surface area contributed by atoms with Crippen molar-refractivity contribution in [2.24, 2.45) is 5.92 Å². The van der Waals surface area contributed by atoms with Crippen LogP contribution in [0, 0.1) is 16.0 Å². The molecule has 1 rings (SSSR count). The van der Waals surface area contributed by atoms with E-state index >= 15 is 0 Å². The molecule has 0 aliphatic rings. The Morgan fingerprint density at radius 2 is 2.05 bits per heavy atom. The van der Waals surface area contributed by atoms with Crippen LogP contribution in [0.2, 0.25) is 0 Å². The van der Waals surface area contributed by atoms with Crippen LogP contribution in [-0.4, -0.2) is 24.4 Å². The van der Waals surface area contributed by atoms with E-state index in [1.165, 1.54) is 18.2 Å². The molecule has 0 heterocycles. The highest BCUT2D eigenvalue weighted by atomic mass is 16.6. The van der Waals surface area contributed by atoms with Crippen molar-refractivity contribution in [2.45, 2.75) is 13.8 Å². The van der Waals surface area contributed by atoms with E-state index in [-0.39, 0.29) is 41.9 Å². The van der Waals surface area contributed by atoms with Crippen LogP contribution in [0.25, 0.3) is 0 Å². The van der Waals surface area contributed by atoms with Gasteiger partial charge < -0.3 is 9.47 Å². The summed E-state index contributed by atoms with van der Waals surface area (Å²) in [6.07, 6.45) is 2.06. The topological polar surface area (TPSA) is 78.7 Å². The molecule has 0 amide bonds. The molecule has 0 N–H and O–H groups in total. The van der Waals surface area contributed by atoms with Crippen molar-refractivity contribution < 1.29 is 19.2 Å². The molecule has 6 nitrogen and oxygen atoms in total. The highest BCUT2D eigenvalue weighted by Crippen LogP contribution is 2.39. The van der Waals surface area contributed by atoms with Gasteiger partial charge in [0.15, 0.2) is 12.0 Å². The summed E-state index contributed by atoms with van der Waals surface area (Å²) in [7, 11) is 0. The van der Waals surface area contributed by atoms with Gasteiger partial charge in [0.05, 0.1) is 17.1 Å². The molecule has 1 aromatic carbocycles. The summed E-state index contributed by atoms with van der Waals surface area (Å²) in [5.41, 5.74) is -0.0217. The van der Waals surface area contributed by atoms with Gasteiger partial charge in [-0.15, -0.1) is 0 Å². The summed E-state index contributed by atoms with van der Waals surface area (Å²) in [6, 6.07) is 2.58. The fourth-order valence-corrected chi connectivity index (χ4v) is 1.48. The molecule has 0 aliphatic carbocycles. The largest absolute Gasteiger partial charge is 0.485 e. The number of carbonyl (C=O) groups excluding carboxylic acids is 1. The van der Waals surface area contributed by atoms with Gasteiger partial charge in [0.1, 0.15) is 6.61 Å². The van der Waals surface area contributed by atoms with Crippen molar-refractivity contribution in [3.8, 4) is 11.5 Å². The molecule has 0 fully saturated rings. The van der Waals surface area contributed by atoms with E-state index in [0.29, 0.717) is 6.29 Å². The number of rotatable bonds is 8. The smallest absolute Gasteiger partial charge is 0.314 e. The van der Waals surface area contributed by atoms with Gasteiger partial charge in [0.25, 0.3) is 0 Å². The molecular weight excluding hydrogens is 262 g/mol. The van der Waals surface area contributed by atoms with Gasteiger partial charge in [-0.3, -0.25) is 14.9 Å². The van der Waals surface area contributed by atoms with Crippen LogP contribution in [0.15, 0.2) is 24.8 Å². The summed E-state index contributed by atoms with van der Waals surface area (Å²) < 4.78 is 10.8. The highest BCUT2D eigenvalue weighted by Gasteiger charge is 2.24. The number of nitro groups is 1. The number of aldehydes is 1.